The van der Waals surface area contributed by atoms with Crippen LogP contribution in [0.25, 0.3) is 0 Å². The van der Waals surface area contributed by atoms with E-state index < -0.39 is 0 Å². The van der Waals surface area contributed by atoms with Crippen LogP contribution in [0.3, 0.4) is 0 Å². The van der Waals surface area contributed by atoms with Gasteiger partial charge in [-0.25, -0.2) is 14.4 Å². The van der Waals surface area contributed by atoms with Gasteiger partial charge in [0, 0.05) is 45.0 Å². The summed E-state index contributed by atoms with van der Waals surface area (Å²) in [7, 11) is 0. The number of piperidine rings is 1. The summed E-state index contributed by atoms with van der Waals surface area (Å²) in [6.07, 6.45) is 2.25. The largest absolute Gasteiger partial charge is 0.366 e. The molecule has 0 aliphatic carbocycles. The van der Waals surface area contributed by atoms with Crippen molar-refractivity contribution in [3.8, 4) is 0 Å². The number of rotatable bonds is 3. The van der Waals surface area contributed by atoms with Gasteiger partial charge in [-0.3, -0.25) is 4.79 Å². The van der Waals surface area contributed by atoms with Gasteiger partial charge in [0.05, 0.1) is 5.69 Å². The first-order chi connectivity index (χ1) is 14.0. The van der Waals surface area contributed by atoms with Crippen molar-refractivity contribution in [3.05, 3.63) is 47.5 Å². The van der Waals surface area contributed by atoms with Crippen molar-refractivity contribution >= 4 is 17.5 Å². The van der Waals surface area contributed by atoms with Crippen molar-refractivity contribution < 1.29 is 9.18 Å². The Kier molecular flexibility index (Phi) is 5.65. The highest BCUT2D eigenvalue weighted by molar-refractivity contribution is 5.93. The van der Waals surface area contributed by atoms with Crippen molar-refractivity contribution in [1.29, 1.82) is 0 Å². The number of aryl methyl sites for hydroxylation is 1. The second kappa shape index (κ2) is 8.35. The second-order valence-electron chi connectivity index (χ2n) is 8.09. The molecule has 2 aliphatic rings. The number of carbonyl (C=O) groups is 1. The highest BCUT2D eigenvalue weighted by Crippen LogP contribution is 2.23. The topological polar surface area (TPSA) is 52.6 Å². The molecule has 154 valence electrons. The molecule has 3 heterocycles. The number of hydrogen-bond acceptors (Lipinski definition) is 5. The number of anilines is 2. The van der Waals surface area contributed by atoms with E-state index >= 15 is 0 Å². The molecule has 0 N–H and O–H groups in total. The maximum atomic E-state index is 14.0. The third-order valence-electron chi connectivity index (χ3n) is 5.89. The number of para-hydroxylation sites is 1. The van der Waals surface area contributed by atoms with Crippen molar-refractivity contribution in [1.82, 2.24) is 14.9 Å². The van der Waals surface area contributed by atoms with Gasteiger partial charge in [0.2, 0.25) is 5.95 Å². The first kappa shape index (κ1) is 19.6. The van der Waals surface area contributed by atoms with Gasteiger partial charge < -0.3 is 14.7 Å². The number of halogens is 1. The van der Waals surface area contributed by atoms with Crippen LogP contribution in [0, 0.1) is 18.7 Å². The van der Waals surface area contributed by atoms with E-state index in [1.807, 2.05) is 17.9 Å². The molecule has 2 aromatic rings. The van der Waals surface area contributed by atoms with Crippen LogP contribution in [-0.2, 0) is 0 Å². The number of benzene rings is 1. The van der Waals surface area contributed by atoms with Gasteiger partial charge in [0.1, 0.15) is 11.5 Å². The Balaban J connectivity index is 1.44. The lowest BCUT2D eigenvalue weighted by Gasteiger charge is -2.36. The molecule has 4 rings (SSSR count). The molecular formula is C22H28FN5O. The average molecular weight is 397 g/mol. The van der Waals surface area contributed by atoms with Gasteiger partial charge in [0.25, 0.3) is 5.91 Å². The second-order valence-corrected chi connectivity index (χ2v) is 8.09. The summed E-state index contributed by atoms with van der Waals surface area (Å²) in [6, 6.07) is 8.55. The summed E-state index contributed by atoms with van der Waals surface area (Å²) in [5, 5.41) is 0. The van der Waals surface area contributed by atoms with Gasteiger partial charge in [0.15, 0.2) is 0 Å². The fourth-order valence-electron chi connectivity index (χ4n) is 4.03. The van der Waals surface area contributed by atoms with Crippen molar-refractivity contribution in [2.75, 3.05) is 49.1 Å². The molecule has 7 heteroatoms. The van der Waals surface area contributed by atoms with Crippen LogP contribution in [0.5, 0.6) is 0 Å². The standard InChI is InChI=1S/C22H28FN5O/c1-16-7-9-28(10-8-16)22-24-17(2)15-19(25-22)21(29)27-13-11-26(12-14-27)20-6-4-3-5-18(20)23/h3-6,15-16H,7-14H2,1-2H3. The van der Waals surface area contributed by atoms with Crippen LogP contribution in [0.1, 0.15) is 35.9 Å². The Morgan fingerprint density at radius 1 is 1.00 bits per heavy atom. The molecule has 0 unspecified atom stereocenters. The van der Waals surface area contributed by atoms with Gasteiger partial charge >= 0.3 is 0 Å². The smallest absolute Gasteiger partial charge is 0.272 e. The molecule has 1 aromatic heterocycles. The van der Waals surface area contributed by atoms with E-state index in [-0.39, 0.29) is 11.7 Å². The van der Waals surface area contributed by atoms with Crippen molar-refractivity contribution in [3.63, 3.8) is 0 Å². The maximum absolute atomic E-state index is 14.0. The zero-order valence-electron chi connectivity index (χ0n) is 17.1. The molecular weight excluding hydrogens is 369 g/mol. The first-order valence-corrected chi connectivity index (χ1v) is 10.4. The predicted octanol–water partition coefficient (Wildman–Crippen LogP) is 3.12. The number of nitrogens with zero attached hydrogens (tertiary/aromatic N) is 5. The lowest BCUT2D eigenvalue weighted by Crippen LogP contribution is -2.49. The molecule has 2 fully saturated rings. The number of hydrogen-bond donors (Lipinski definition) is 0. The lowest BCUT2D eigenvalue weighted by molar-refractivity contribution is 0.0740. The summed E-state index contributed by atoms with van der Waals surface area (Å²) in [5.74, 6) is 1.09. The van der Waals surface area contributed by atoms with Gasteiger partial charge in [-0.15, -0.1) is 0 Å². The zero-order chi connectivity index (χ0) is 20.4. The third-order valence-corrected chi connectivity index (χ3v) is 5.89. The summed E-state index contributed by atoms with van der Waals surface area (Å²) < 4.78 is 14.0. The molecule has 2 saturated heterocycles. The SMILES string of the molecule is Cc1cc(C(=O)N2CCN(c3ccccc3F)CC2)nc(N2CCC(C)CC2)n1. The summed E-state index contributed by atoms with van der Waals surface area (Å²) >= 11 is 0. The van der Waals surface area contributed by atoms with Gasteiger partial charge in [-0.05, 0) is 43.9 Å². The molecule has 1 amide bonds. The normalized spacial score (nSPS) is 18.2. The number of piperazine rings is 1. The van der Waals surface area contributed by atoms with Crippen molar-refractivity contribution in [2.24, 2.45) is 5.92 Å². The van der Waals surface area contributed by atoms with E-state index in [0.717, 1.165) is 37.5 Å². The number of amides is 1. The first-order valence-electron chi connectivity index (χ1n) is 10.4. The van der Waals surface area contributed by atoms with Crippen LogP contribution < -0.4 is 9.80 Å². The predicted molar refractivity (Wildman–Crippen MR) is 112 cm³/mol. The van der Waals surface area contributed by atoms with Crippen LogP contribution in [0.2, 0.25) is 0 Å². The van der Waals surface area contributed by atoms with Gasteiger partial charge in [-0.1, -0.05) is 19.1 Å². The van der Waals surface area contributed by atoms with E-state index in [9.17, 15) is 9.18 Å². The zero-order valence-corrected chi connectivity index (χ0v) is 17.1. The Morgan fingerprint density at radius 2 is 1.69 bits per heavy atom. The molecule has 0 radical (unpaired) electrons. The minimum atomic E-state index is -0.223. The molecule has 29 heavy (non-hydrogen) atoms. The van der Waals surface area contributed by atoms with E-state index in [1.54, 1.807) is 23.1 Å². The summed E-state index contributed by atoms with van der Waals surface area (Å²) in [4.78, 5) is 28.2. The minimum Gasteiger partial charge on any atom is -0.366 e. The van der Waals surface area contributed by atoms with Crippen LogP contribution in [-0.4, -0.2) is 60.0 Å². The highest BCUT2D eigenvalue weighted by atomic mass is 19.1. The molecule has 1 aromatic carbocycles. The van der Waals surface area contributed by atoms with Crippen LogP contribution >= 0.6 is 0 Å². The van der Waals surface area contributed by atoms with Gasteiger partial charge in [-0.2, -0.15) is 0 Å². The molecule has 6 nitrogen and oxygen atoms in total. The molecule has 0 atom stereocenters. The van der Waals surface area contributed by atoms with Crippen molar-refractivity contribution in [2.45, 2.75) is 26.7 Å². The van der Waals surface area contributed by atoms with Crippen LogP contribution in [0.4, 0.5) is 16.0 Å². The lowest BCUT2D eigenvalue weighted by atomic mass is 10.00. The fraction of sp³-hybridized carbons (Fsp3) is 0.500. The van der Waals surface area contributed by atoms with E-state index in [4.69, 9.17) is 0 Å². The van der Waals surface area contributed by atoms with Crippen LogP contribution in [0.15, 0.2) is 30.3 Å². The minimum absolute atomic E-state index is 0.0738. The maximum Gasteiger partial charge on any atom is 0.272 e. The quantitative estimate of drug-likeness (QED) is 0.797. The molecule has 0 spiro atoms. The Labute approximate surface area is 171 Å². The third kappa shape index (κ3) is 4.33. The highest BCUT2D eigenvalue weighted by Gasteiger charge is 2.26. The molecule has 0 bridgehead atoms. The van der Waals surface area contributed by atoms with E-state index in [1.165, 1.54) is 6.07 Å². The summed E-state index contributed by atoms with van der Waals surface area (Å²) in [5.41, 5.74) is 1.85. The van der Waals surface area contributed by atoms with E-state index in [0.29, 0.717) is 43.5 Å². The Morgan fingerprint density at radius 3 is 2.38 bits per heavy atom. The number of aromatic nitrogens is 2. The summed E-state index contributed by atoms with van der Waals surface area (Å²) in [6.45, 7) is 8.34. The van der Waals surface area contributed by atoms with E-state index in [2.05, 4.69) is 21.8 Å². The molecule has 2 aliphatic heterocycles. The Bertz CT molecular complexity index is 873. The molecule has 0 saturated carbocycles. The monoisotopic (exact) mass is 397 g/mol. The Hall–Kier alpha value is -2.70. The average Bonchev–Trinajstić information content (AvgIpc) is 2.74. The number of carbonyl (C=O) groups excluding carboxylic acids is 1. The fourth-order valence-corrected chi connectivity index (χ4v) is 4.03.